The number of amides is 1. The summed E-state index contributed by atoms with van der Waals surface area (Å²) >= 11 is 0. The number of ether oxygens (including phenoxy) is 1. The van der Waals surface area contributed by atoms with E-state index in [1.165, 1.54) is 22.6 Å². The number of hydrogen-bond donors (Lipinski definition) is 1. The molecule has 0 atom stereocenters. The van der Waals surface area contributed by atoms with Crippen molar-refractivity contribution in [2.24, 2.45) is 4.99 Å². The van der Waals surface area contributed by atoms with E-state index >= 15 is 0 Å². The van der Waals surface area contributed by atoms with Crippen LogP contribution in [-0.4, -0.2) is 70.8 Å². The Balaban J connectivity index is 1.93. The molecule has 3 rings (SSSR count). The molecule has 0 radical (unpaired) electrons. The molecule has 0 aliphatic carbocycles. The van der Waals surface area contributed by atoms with Crippen molar-refractivity contribution < 1.29 is 19.4 Å². The lowest BCUT2D eigenvalue weighted by molar-refractivity contribution is 0.0367. The molecule has 0 aromatic carbocycles. The van der Waals surface area contributed by atoms with E-state index in [1.54, 1.807) is 40.2 Å². The Morgan fingerprint density at radius 2 is 2.10 bits per heavy atom. The fourth-order valence-electron chi connectivity index (χ4n) is 3.42. The van der Waals surface area contributed by atoms with Gasteiger partial charge in [0.1, 0.15) is 12.1 Å². The van der Waals surface area contributed by atoms with Gasteiger partial charge in [0.05, 0.1) is 17.7 Å². The Morgan fingerprint density at radius 1 is 1.37 bits per heavy atom. The van der Waals surface area contributed by atoms with Crippen LogP contribution in [0.25, 0.3) is 0 Å². The topological polar surface area (TPSA) is 100 Å². The highest BCUT2D eigenvalue weighted by Crippen LogP contribution is 2.34. The molecule has 0 saturated carbocycles. The fraction of sp³-hybridized carbons (Fsp3) is 0.429. The third-order valence-electron chi connectivity index (χ3n) is 4.68. The first kappa shape index (κ1) is 21.5. The van der Waals surface area contributed by atoms with Gasteiger partial charge in [-0.25, -0.2) is 4.98 Å². The molecular weight excluding hydrogens is 386 g/mol. The fourth-order valence-corrected chi connectivity index (χ4v) is 3.42. The average molecular weight is 413 g/mol. The highest BCUT2D eigenvalue weighted by Gasteiger charge is 2.25. The van der Waals surface area contributed by atoms with E-state index in [4.69, 9.17) is 4.74 Å². The van der Waals surface area contributed by atoms with E-state index in [0.717, 1.165) is 5.69 Å². The van der Waals surface area contributed by atoms with Crippen molar-refractivity contribution >= 4 is 23.3 Å². The number of rotatable bonds is 4. The summed E-state index contributed by atoms with van der Waals surface area (Å²) in [6.07, 6.45) is 3.19. The summed E-state index contributed by atoms with van der Waals surface area (Å²) in [7, 11) is 3.27. The standard InChI is InChI=1S/C21H27N5O4/c1-14(27)25-7-6-16(11-18(25)22-4)26-8-9-30-17-10-15(12-23-19(17)26)20(28)24(5)13-21(2,3)29/h6-7,10-12,29H,8-9,13H2,1-5H3. The number of likely N-dealkylation sites (N-methyl/N-ethyl adjacent to an activating group) is 1. The van der Waals surface area contributed by atoms with Crippen molar-refractivity contribution in [3.05, 3.63) is 41.6 Å². The maximum atomic E-state index is 12.7. The van der Waals surface area contributed by atoms with E-state index in [0.29, 0.717) is 35.8 Å². The zero-order chi connectivity index (χ0) is 22.1. The van der Waals surface area contributed by atoms with Crippen LogP contribution in [0.2, 0.25) is 0 Å². The lowest BCUT2D eigenvalue weighted by Gasteiger charge is -2.31. The molecule has 1 aliphatic heterocycles. The number of nitrogens with zero attached hydrogens (tertiary/aromatic N) is 5. The van der Waals surface area contributed by atoms with E-state index in [1.807, 2.05) is 17.0 Å². The monoisotopic (exact) mass is 413 g/mol. The molecule has 160 valence electrons. The molecule has 2 aromatic heterocycles. The highest BCUT2D eigenvalue weighted by molar-refractivity contribution is 5.94. The third-order valence-corrected chi connectivity index (χ3v) is 4.68. The van der Waals surface area contributed by atoms with Crippen LogP contribution in [0.5, 0.6) is 5.75 Å². The van der Waals surface area contributed by atoms with Gasteiger partial charge in [0, 0.05) is 51.7 Å². The van der Waals surface area contributed by atoms with Gasteiger partial charge in [-0.2, -0.15) is 0 Å². The molecule has 1 N–H and O–H groups in total. The van der Waals surface area contributed by atoms with Gasteiger partial charge in [0.15, 0.2) is 11.6 Å². The molecular formula is C21H27N5O4. The van der Waals surface area contributed by atoms with Crippen LogP contribution in [0.4, 0.5) is 11.5 Å². The first-order valence-electron chi connectivity index (χ1n) is 9.65. The van der Waals surface area contributed by atoms with E-state index in [-0.39, 0.29) is 18.4 Å². The SMILES string of the molecule is CN=c1cc(N2CCOc3cc(C(=O)N(C)CC(C)(C)O)cnc32)ccn1C(C)=O. The molecule has 0 spiro atoms. The van der Waals surface area contributed by atoms with E-state index < -0.39 is 5.60 Å². The molecule has 0 saturated heterocycles. The van der Waals surface area contributed by atoms with Gasteiger partial charge in [-0.05, 0) is 26.0 Å². The Kier molecular flexibility index (Phi) is 5.93. The zero-order valence-electron chi connectivity index (χ0n) is 17.9. The van der Waals surface area contributed by atoms with Crippen molar-refractivity contribution in [1.82, 2.24) is 14.5 Å². The van der Waals surface area contributed by atoms with Gasteiger partial charge < -0.3 is 19.6 Å². The van der Waals surface area contributed by atoms with Gasteiger partial charge in [-0.3, -0.25) is 19.1 Å². The largest absolute Gasteiger partial charge is 0.488 e. The number of fused-ring (bicyclic) bond motifs is 1. The first-order chi connectivity index (χ1) is 14.1. The lowest BCUT2D eigenvalue weighted by Crippen LogP contribution is -2.39. The molecule has 1 aliphatic rings. The normalized spacial score (nSPS) is 14.2. The number of aliphatic hydroxyl groups is 1. The van der Waals surface area contributed by atoms with Crippen molar-refractivity contribution in [2.45, 2.75) is 26.4 Å². The van der Waals surface area contributed by atoms with Crippen molar-refractivity contribution in [3.8, 4) is 5.75 Å². The van der Waals surface area contributed by atoms with Gasteiger partial charge in [-0.15, -0.1) is 0 Å². The smallest absolute Gasteiger partial charge is 0.255 e. The second-order valence-electron chi connectivity index (χ2n) is 7.88. The van der Waals surface area contributed by atoms with Crippen LogP contribution in [0.15, 0.2) is 35.6 Å². The summed E-state index contributed by atoms with van der Waals surface area (Å²) < 4.78 is 7.23. The van der Waals surface area contributed by atoms with Crippen LogP contribution in [0.1, 0.15) is 35.9 Å². The molecule has 1 amide bonds. The van der Waals surface area contributed by atoms with Crippen LogP contribution < -0.4 is 15.1 Å². The Hall–Kier alpha value is -3.20. The van der Waals surface area contributed by atoms with Gasteiger partial charge >= 0.3 is 0 Å². The predicted octanol–water partition coefficient (Wildman–Crippen LogP) is 1.45. The number of carbonyl (C=O) groups excluding carboxylic acids is 2. The van der Waals surface area contributed by atoms with Crippen LogP contribution >= 0.6 is 0 Å². The van der Waals surface area contributed by atoms with Crippen LogP contribution in [-0.2, 0) is 0 Å². The van der Waals surface area contributed by atoms with Crippen molar-refractivity contribution in [3.63, 3.8) is 0 Å². The third kappa shape index (κ3) is 4.51. The predicted molar refractivity (Wildman–Crippen MR) is 112 cm³/mol. The molecule has 30 heavy (non-hydrogen) atoms. The Morgan fingerprint density at radius 3 is 2.73 bits per heavy atom. The average Bonchev–Trinajstić information content (AvgIpc) is 2.70. The van der Waals surface area contributed by atoms with Gasteiger partial charge in [0.2, 0.25) is 5.91 Å². The van der Waals surface area contributed by atoms with Crippen molar-refractivity contribution in [2.75, 3.05) is 38.7 Å². The molecule has 2 aromatic rings. The van der Waals surface area contributed by atoms with Gasteiger partial charge in [0.25, 0.3) is 5.91 Å². The minimum absolute atomic E-state index is 0.124. The first-order valence-corrected chi connectivity index (χ1v) is 9.65. The lowest BCUT2D eigenvalue weighted by atomic mass is 10.1. The summed E-state index contributed by atoms with van der Waals surface area (Å²) in [6.45, 7) is 5.96. The number of aromatic nitrogens is 2. The molecule has 9 heteroatoms. The number of carbonyl (C=O) groups is 2. The second-order valence-corrected chi connectivity index (χ2v) is 7.88. The minimum atomic E-state index is -0.995. The highest BCUT2D eigenvalue weighted by atomic mass is 16.5. The van der Waals surface area contributed by atoms with Crippen LogP contribution in [0, 0.1) is 0 Å². The van der Waals surface area contributed by atoms with Gasteiger partial charge in [-0.1, -0.05) is 0 Å². The summed E-state index contributed by atoms with van der Waals surface area (Å²) in [6, 6.07) is 5.30. The summed E-state index contributed by atoms with van der Waals surface area (Å²) in [5.74, 6) is 0.719. The number of hydrogen-bond acceptors (Lipinski definition) is 7. The Labute approximate surface area is 175 Å². The van der Waals surface area contributed by atoms with Crippen molar-refractivity contribution in [1.29, 1.82) is 0 Å². The minimum Gasteiger partial charge on any atom is -0.488 e. The van der Waals surface area contributed by atoms with E-state index in [2.05, 4.69) is 9.98 Å². The maximum absolute atomic E-state index is 12.7. The van der Waals surface area contributed by atoms with Crippen LogP contribution in [0.3, 0.4) is 0 Å². The summed E-state index contributed by atoms with van der Waals surface area (Å²) in [5, 5.41) is 9.96. The number of pyridine rings is 2. The second kappa shape index (κ2) is 8.27. The zero-order valence-corrected chi connectivity index (χ0v) is 17.9. The summed E-state index contributed by atoms with van der Waals surface area (Å²) in [5.41, 5.74) is 0.747. The Bertz CT molecular complexity index is 1040. The quantitative estimate of drug-likeness (QED) is 0.814. The molecule has 0 fully saturated rings. The molecule has 0 bridgehead atoms. The number of anilines is 2. The maximum Gasteiger partial charge on any atom is 0.255 e. The molecule has 3 heterocycles. The molecule has 9 nitrogen and oxygen atoms in total. The summed E-state index contributed by atoms with van der Waals surface area (Å²) in [4.78, 5) is 36.5. The van der Waals surface area contributed by atoms with E-state index in [9.17, 15) is 14.7 Å². The molecule has 0 unspecified atom stereocenters.